The summed E-state index contributed by atoms with van der Waals surface area (Å²) in [5.41, 5.74) is 0.166. The van der Waals surface area contributed by atoms with Gasteiger partial charge in [0.2, 0.25) is 5.91 Å². The van der Waals surface area contributed by atoms with Crippen molar-refractivity contribution in [2.75, 3.05) is 7.05 Å². The number of hydrogen-bond acceptors (Lipinski definition) is 3. The van der Waals surface area contributed by atoms with E-state index in [0.717, 1.165) is 12.8 Å². The molecule has 0 bridgehead atoms. The van der Waals surface area contributed by atoms with Gasteiger partial charge in [-0.3, -0.25) is 4.79 Å². The molecule has 0 unspecified atom stereocenters. The Morgan fingerprint density at radius 2 is 1.91 bits per heavy atom. The van der Waals surface area contributed by atoms with E-state index >= 15 is 0 Å². The van der Waals surface area contributed by atoms with Gasteiger partial charge in [-0.2, -0.15) is 0 Å². The highest BCUT2D eigenvalue weighted by atomic mass is 16.4. The number of carboxylic acid groups (broad SMARTS) is 1. The molecule has 0 saturated heterocycles. The Balaban J connectivity index is 1.90. The van der Waals surface area contributed by atoms with Crippen LogP contribution in [0.5, 0.6) is 0 Å². The van der Waals surface area contributed by atoms with Crippen molar-refractivity contribution in [1.82, 2.24) is 4.90 Å². The van der Waals surface area contributed by atoms with E-state index in [0.29, 0.717) is 30.4 Å². The molecule has 2 rings (SSSR count). The minimum absolute atomic E-state index is 0.109. The Bertz CT molecular complexity index is 527. The second-order valence-corrected chi connectivity index (χ2v) is 6.30. The predicted octanol–water partition coefficient (Wildman–Crippen LogP) is 3.61. The van der Waals surface area contributed by atoms with E-state index in [1.165, 1.54) is 31.7 Å². The van der Waals surface area contributed by atoms with Gasteiger partial charge in [0.05, 0.1) is 6.54 Å². The minimum Gasteiger partial charge on any atom is -0.478 e. The van der Waals surface area contributed by atoms with Gasteiger partial charge in [-0.15, -0.1) is 0 Å². The molecular formula is C17H25NO4. The van der Waals surface area contributed by atoms with Crippen molar-refractivity contribution in [3.8, 4) is 0 Å². The smallest absolute Gasteiger partial charge is 0.339 e. The SMILES string of the molecule is Cc1oc(CN(C)C(=O)CC2CCCCCC2)cc1C(=O)O. The first kappa shape index (κ1) is 16.6. The molecular weight excluding hydrogens is 282 g/mol. The molecule has 5 heteroatoms. The van der Waals surface area contributed by atoms with Crippen LogP contribution in [-0.2, 0) is 11.3 Å². The third-order valence-electron chi connectivity index (χ3n) is 4.46. The van der Waals surface area contributed by atoms with Crippen LogP contribution < -0.4 is 0 Å². The van der Waals surface area contributed by atoms with Crippen molar-refractivity contribution in [2.45, 2.75) is 58.4 Å². The van der Waals surface area contributed by atoms with E-state index in [1.54, 1.807) is 18.9 Å². The summed E-state index contributed by atoms with van der Waals surface area (Å²) in [7, 11) is 1.75. The quantitative estimate of drug-likeness (QED) is 0.844. The average Bonchev–Trinajstić information content (AvgIpc) is 2.66. The largest absolute Gasteiger partial charge is 0.478 e. The lowest BCUT2D eigenvalue weighted by Crippen LogP contribution is -2.27. The number of carboxylic acids is 1. The number of furan rings is 1. The van der Waals surface area contributed by atoms with Crippen LogP contribution in [0.3, 0.4) is 0 Å². The van der Waals surface area contributed by atoms with E-state index in [-0.39, 0.29) is 11.5 Å². The Labute approximate surface area is 131 Å². The van der Waals surface area contributed by atoms with E-state index in [1.807, 2.05) is 0 Å². The van der Waals surface area contributed by atoms with E-state index in [4.69, 9.17) is 9.52 Å². The first-order valence-corrected chi connectivity index (χ1v) is 8.04. The molecule has 0 radical (unpaired) electrons. The van der Waals surface area contributed by atoms with Gasteiger partial charge in [0.25, 0.3) is 0 Å². The van der Waals surface area contributed by atoms with Gasteiger partial charge in [-0.05, 0) is 31.7 Å². The number of carbonyl (C=O) groups is 2. The predicted molar refractivity (Wildman–Crippen MR) is 82.7 cm³/mol. The number of amides is 1. The summed E-state index contributed by atoms with van der Waals surface area (Å²) < 4.78 is 5.43. The molecule has 1 saturated carbocycles. The first-order valence-electron chi connectivity index (χ1n) is 8.04. The first-order chi connectivity index (χ1) is 10.5. The van der Waals surface area contributed by atoms with Crippen molar-refractivity contribution in [2.24, 2.45) is 5.92 Å². The fraction of sp³-hybridized carbons (Fsp3) is 0.647. The summed E-state index contributed by atoms with van der Waals surface area (Å²) in [4.78, 5) is 25.0. The standard InChI is InChI=1S/C17H25NO4/c1-12-15(17(20)21)10-14(22-12)11-18(2)16(19)9-13-7-5-3-4-6-8-13/h10,13H,3-9,11H2,1-2H3,(H,20,21). The van der Waals surface area contributed by atoms with Crippen molar-refractivity contribution in [3.63, 3.8) is 0 Å². The molecule has 1 aromatic rings. The number of aromatic carboxylic acids is 1. The maximum atomic E-state index is 12.3. The van der Waals surface area contributed by atoms with Crippen LogP contribution in [0.1, 0.15) is 66.8 Å². The molecule has 1 aliphatic rings. The highest BCUT2D eigenvalue weighted by Gasteiger charge is 2.20. The summed E-state index contributed by atoms with van der Waals surface area (Å²) in [5.74, 6) is 0.502. The molecule has 1 aromatic heterocycles. The Morgan fingerprint density at radius 3 is 2.45 bits per heavy atom. The van der Waals surface area contributed by atoms with Crippen LogP contribution in [0.4, 0.5) is 0 Å². The molecule has 122 valence electrons. The molecule has 5 nitrogen and oxygen atoms in total. The van der Waals surface area contributed by atoms with E-state index < -0.39 is 5.97 Å². The summed E-state index contributed by atoms with van der Waals surface area (Å²) in [6, 6.07) is 1.51. The Kier molecular flexibility index (Phi) is 5.63. The van der Waals surface area contributed by atoms with Gasteiger partial charge in [0, 0.05) is 13.5 Å². The molecule has 1 heterocycles. The highest BCUT2D eigenvalue weighted by molar-refractivity contribution is 5.88. The van der Waals surface area contributed by atoms with Crippen molar-refractivity contribution < 1.29 is 19.1 Å². The van der Waals surface area contributed by atoms with E-state index in [9.17, 15) is 9.59 Å². The molecule has 0 aromatic carbocycles. The average molecular weight is 307 g/mol. The summed E-state index contributed by atoms with van der Waals surface area (Å²) in [5, 5.41) is 9.02. The lowest BCUT2D eigenvalue weighted by molar-refractivity contribution is -0.131. The van der Waals surface area contributed by atoms with Crippen LogP contribution in [0.2, 0.25) is 0 Å². The van der Waals surface area contributed by atoms with Gasteiger partial charge < -0.3 is 14.4 Å². The summed E-state index contributed by atoms with van der Waals surface area (Å²) in [6.07, 6.45) is 7.88. The summed E-state index contributed by atoms with van der Waals surface area (Å²) in [6.45, 7) is 1.94. The lowest BCUT2D eigenvalue weighted by Gasteiger charge is -2.19. The van der Waals surface area contributed by atoms with Crippen molar-refractivity contribution in [3.05, 3.63) is 23.2 Å². The molecule has 1 N–H and O–H groups in total. The van der Waals surface area contributed by atoms with Crippen molar-refractivity contribution in [1.29, 1.82) is 0 Å². The second-order valence-electron chi connectivity index (χ2n) is 6.30. The molecule has 0 spiro atoms. The highest BCUT2D eigenvalue weighted by Crippen LogP contribution is 2.26. The molecule has 22 heavy (non-hydrogen) atoms. The third kappa shape index (κ3) is 4.36. The van der Waals surface area contributed by atoms with Crippen LogP contribution in [0.15, 0.2) is 10.5 Å². The third-order valence-corrected chi connectivity index (χ3v) is 4.46. The van der Waals surface area contributed by atoms with Crippen molar-refractivity contribution >= 4 is 11.9 Å². The van der Waals surface area contributed by atoms with Crippen LogP contribution >= 0.6 is 0 Å². The Hall–Kier alpha value is -1.78. The van der Waals surface area contributed by atoms with Crippen LogP contribution in [0, 0.1) is 12.8 Å². The molecule has 1 amide bonds. The van der Waals surface area contributed by atoms with Crippen LogP contribution in [-0.4, -0.2) is 28.9 Å². The monoisotopic (exact) mass is 307 g/mol. The van der Waals surface area contributed by atoms with Gasteiger partial charge in [-0.25, -0.2) is 4.79 Å². The number of rotatable bonds is 5. The number of aryl methyl sites for hydroxylation is 1. The zero-order chi connectivity index (χ0) is 16.1. The van der Waals surface area contributed by atoms with E-state index in [2.05, 4.69) is 0 Å². The van der Waals surface area contributed by atoms with Gasteiger partial charge in [0.15, 0.2) is 0 Å². The zero-order valence-corrected chi connectivity index (χ0v) is 13.4. The number of nitrogens with zero attached hydrogens (tertiary/aromatic N) is 1. The Morgan fingerprint density at radius 1 is 1.27 bits per heavy atom. The van der Waals surface area contributed by atoms with Gasteiger partial charge in [0.1, 0.15) is 17.1 Å². The topological polar surface area (TPSA) is 70.8 Å². The minimum atomic E-state index is -1.00. The molecule has 1 aliphatic carbocycles. The van der Waals surface area contributed by atoms with Gasteiger partial charge >= 0.3 is 5.97 Å². The lowest BCUT2D eigenvalue weighted by atomic mass is 9.96. The fourth-order valence-corrected chi connectivity index (χ4v) is 3.13. The normalized spacial score (nSPS) is 16.3. The zero-order valence-electron chi connectivity index (χ0n) is 13.4. The number of hydrogen-bond donors (Lipinski definition) is 1. The van der Waals surface area contributed by atoms with Crippen LogP contribution in [0.25, 0.3) is 0 Å². The van der Waals surface area contributed by atoms with Gasteiger partial charge in [-0.1, -0.05) is 25.7 Å². The molecule has 0 aliphatic heterocycles. The maximum absolute atomic E-state index is 12.3. The number of carbonyl (C=O) groups excluding carboxylic acids is 1. The molecule has 0 atom stereocenters. The second kappa shape index (κ2) is 7.47. The fourth-order valence-electron chi connectivity index (χ4n) is 3.13. The molecule has 1 fully saturated rings. The summed E-state index contributed by atoms with van der Waals surface area (Å²) >= 11 is 0. The maximum Gasteiger partial charge on any atom is 0.339 e.